The Morgan fingerprint density at radius 1 is 1.17 bits per heavy atom. The van der Waals surface area contributed by atoms with Crippen LogP contribution >= 0.6 is 0 Å². The second-order valence-electron chi connectivity index (χ2n) is 9.97. The van der Waals surface area contributed by atoms with Gasteiger partial charge in [-0.05, 0) is 58.9 Å². The number of methoxy groups -OCH3 is 1. The molecular formula is C29H31F2NO4. The van der Waals surface area contributed by atoms with E-state index in [9.17, 15) is 13.6 Å². The van der Waals surface area contributed by atoms with Gasteiger partial charge in [0, 0.05) is 18.1 Å². The van der Waals surface area contributed by atoms with Crippen LogP contribution in [0.2, 0.25) is 0 Å². The van der Waals surface area contributed by atoms with E-state index < -0.39 is 17.6 Å². The van der Waals surface area contributed by atoms with Gasteiger partial charge in [0.25, 0.3) is 0 Å². The zero-order valence-electron chi connectivity index (χ0n) is 20.8. The Balaban J connectivity index is 1.66. The van der Waals surface area contributed by atoms with Gasteiger partial charge in [0.2, 0.25) is 5.88 Å². The topological polar surface area (TPSA) is 68.7 Å². The van der Waals surface area contributed by atoms with Crippen LogP contribution in [0, 0.1) is 17.0 Å². The van der Waals surface area contributed by atoms with E-state index in [1.54, 1.807) is 18.2 Å². The molecule has 4 rings (SSSR count). The summed E-state index contributed by atoms with van der Waals surface area (Å²) in [6, 6.07) is 12.2. The van der Waals surface area contributed by atoms with Crippen molar-refractivity contribution < 1.29 is 28.2 Å². The van der Waals surface area contributed by atoms with Crippen LogP contribution < -0.4 is 9.47 Å². The molecule has 0 aliphatic heterocycles. The van der Waals surface area contributed by atoms with E-state index in [0.717, 1.165) is 36.0 Å². The monoisotopic (exact) mass is 495 g/mol. The lowest BCUT2D eigenvalue weighted by Gasteiger charge is -2.30. The van der Waals surface area contributed by atoms with Crippen molar-refractivity contribution in [3.8, 4) is 22.8 Å². The summed E-state index contributed by atoms with van der Waals surface area (Å²) in [5.74, 6) is -1.30. The molecule has 0 saturated heterocycles. The summed E-state index contributed by atoms with van der Waals surface area (Å²) in [7, 11) is 1.50. The molecule has 0 unspecified atom stereocenters. The minimum atomic E-state index is -0.980. The van der Waals surface area contributed by atoms with E-state index in [4.69, 9.17) is 14.6 Å². The molecule has 3 aromatic rings. The van der Waals surface area contributed by atoms with Gasteiger partial charge >= 0.3 is 5.97 Å². The highest BCUT2D eigenvalue weighted by molar-refractivity contribution is 5.70. The lowest BCUT2D eigenvalue weighted by molar-refractivity contribution is -0.136. The predicted molar refractivity (Wildman–Crippen MR) is 133 cm³/mol. The minimum absolute atomic E-state index is 0.0480. The maximum absolute atomic E-state index is 14.9. The van der Waals surface area contributed by atoms with Crippen LogP contribution in [-0.4, -0.2) is 23.2 Å². The standard InChI is InChI=1S/C29H31F2NO4/c1-29(2)13-5-7-23(29)21-14-18(9-11-20(21)22-15-26(35-3)32-16-24(22)30)17-36-25-8-4-6-19(28(25)31)10-12-27(33)34/h4,6,8-9,11,14-16,23H,5,7,10,12-13,17H2,1-3H3,(H,33,34)/t23-/m0/s1. The average molecular weight is 496 g/mol. The molecule has 36 heavy (non-hydrogen) atoms. The van der Waals surface area contributed by atoms with Crippen molar-refractivity contribution in [1.29, 1.82) is 0 Å². The minimum Gasteiger partial charge on any atom is -0.486 e. The predicted octanol–water partition coefficient (Wildman–Crippen LogP) is 6.93. The molecular weight excluding hydrogens is 464 g/mol. The molecule has 1 N–H and O–H groups in total. The molecule has 0 radical (unpaired) electrons. The molecule has 5 nitrogen and oxygen atoms in total. The quantitative estimate of drug-likeness (QED) is 0.349. The summed E-state index contributed by atoms with van der Waals surface area (Å²) in [6.07, 6.45) is 4.28. The first kappa shape index (κ1) is 25.6. The maximum atomic E-state index is 14.9. The number of nitrogens with zero attached hydrogens (tertiary/aromatic N) is 1. The fraction of sp³-hybridized carbons (Fsp3) is 0.379. The van der Waals surface area contributed by atoms with E-state index in [2.05, 4.69) is 18.8 Å². The normalized spacial score (nSPS) is 16.6. The number of hydrogen-bond acceptors (Lipinski definition) is 4. The van der Waals surface area contributed by atoms with Crippen LogP contribution in [0.25, 0.3) is 11.1 Å². The van der Waals surface area contributed by atoms with Gasteiger partial charge in [-0.25, -0.2) is 13.8 Å². The zero-order valence-corrected chi connectivity index (χ0v) is 20.8. The Morgan fingerprint density at radius 2 is 1.97 bits per heavy atom. The van der Waals surface area contributed by atoms with Crippen molar-refractivity contribution in [2.75, 3.05) is 7.11 Å². The van der Waals surface area contributed by atoms with Gasteiger partial charge in [0.1, 0.15) is 12.4 Å². The maximum Gasteiger partial charge on any atom is 0.303 e. The number of carbonyl (C=O) groups is 1. The first-order chi connectivity index (χ1) is 17.2. The van der Waals surface area contributed by atoms with Gasteiger partial charge in [0.05, 0.1) is 13.3 Å². The van der Waals surface area contributed by atoms with E-state index in [1.807, 2.05) is 18.2 Å². The van der Waals surface area contributed by atoms with Gasteiger partial charge in [-0.3, -0.25) is 4.79 Å². The smallest absolute Gasteiger partial charge is 0.303 e. The molecule has 1 saturated carbocycles. The van der Waals surface area contributed by atoms with Gasteiger partial charge in [-0.2, -0.15) is 0 Å². The molecule has 1 fully saturated rings. The number of carboxylic acids is 1. The number of aromatic nitrogens is 1. The third-order valence-electron chi connectivity index (χ3n) is 7.12. The highest BCUT2D eigenvalue weighted by atomic mass is 19.1. The second kappa shape index (κ2) is 10.6. The molecule has 2 aromatic carbocycles. The number of rotatable bonds is 9. The van der Waals surface area contributed by atoms with Crippen molar-refractivity contribution >= 4 is 5.97 Å². The number of hydrogen-bond donors (Lipinski definition) is 1. The Labute approximate surface area is 210 Å². The molecule has 1 aliphatic rings. The second-order valence-corrected chi connectivity index (χ2v) is 9.97. The Bertz CT molecular complexity index is 1260. The number of pyridine rings is 1. The van der Waals surface area contributed by atoms with Gasteiger partial charge in [-0.15, -0.1) is 0 Å². The first-order valence-electron chi connectivity index (χ1n) is 12.1. The fourth-order valence-corrected chi connectivity index (χ4v) is 5.14. The van der Waals surface area contributed by atoms with E-state index in [-0.39, 0.29) is 36.5 Å². The Hall–Kier alpha value is -3.48. The van der Waals surface area contributed by atoms with Crippen LogP contribution in [0.5, 0.6) is 11.6 Å². The summed E-state index contributed by atoms with van der Waals surface area (Å²) < 4.78 is 40.8. The third-order valence-corrected chi connectivity index (χ3v) is 7.12. The SMILES string of the molecule is COc1cc(-c2ccc(COc3cccc(CCC(=O)O)c3F)cc2[C@@H]2CCCC2(C)C)c(F)cn1. The number of ether oxygens (including phenoxy) is 2. The molecule has 7 heteroatoms. The van der Waals surface area contributed by atoms with Gasteiger partial charge in [0.15, 0.2) is 11.6 Å². The molecule has 1 atom stereocenters. The van der Waals surface area contributed by atoms with Crippen LogP contribution in [0.1, 0.15) is 62.1 Å². The number of carboxylic acid groups (broad SMARTS) is 1. The number of aliphatic carboxylic acids is 1. The molecule has 190 valence electrons. The Morgan fingerprint density at radius 3 is 2.67 bits per heavy atom. The summed E-state index contributed by atoms with van der Waals surface area (Å²) in [4.78, 5) is 14.8. The van der Waals surface area contributed by atoms with Gasteiger partial charge < -0.3 is 14.6 Å². The third kappa shape index (κ3) is 5.50. The molecule has 0 bridgehead atoms. The fourth-order valence-electron chi connectivity index (χ4n) is 5.14. The summed E-state index contributed by atoms with van der Waals surface area (Å²) in [5, 5.41) is 8.90. The molecule has 1 aliphatic carbocycles. The molecule has 1 aromatic heterocycles. The highest BCUT2D eigenvalue weighted by Crippen LogP contribution is 2.51. The lowest BCUT2D eigenvalue weighted by Crippen LogP contribution is -2.17. The zero-order chi connectivity index (χ0) is 25.9. The van der Waals surface area contributed by atoms with Crippen molar-refractivity contribution in [3.63, 3.8) is 0 Å². The van der Waals surface area contributed by atoms with Crippen molar-refractivity contribution in [1.82, 2.24) is 4.98 Å². The molecule has 0 spiro atoms. The van der Waals surface area contributed by atoms with Crippen molar-refractivity contribution in [2.45, 2.75) is 58.5 Å². The average Bonchev–Trinajstić information content (AvgIpc) is 3.21. The van der Waals surface area contributed by atoms with Crippen LogP contribution in [-0.2, 0) is 17.8 Å². The number of benzene rings is 2. The molecule has 0 amide bonds. The summed E-state index contributed by atoms with van der Waals surface area (Å²) in [5.41, 5.74) is 3.45. The highest BCUT2D eigenvalue weighted by Gasteiger charge is 2.37. The van der Waals surface area contributed by atoms with Crippen LogP contribution in [0.4, 0.5) is 8.78 Å². The van der Waals surface area contributed by atoms with Crippen LogP contribution in [0.15, 0.2) is 48.7 Å². The van der Waals surface area contributed by atoms with E-state index in [1.165, 1.54) is 19.4 Å². The van der Waals surface area contributed by atoms with E-state index in [0.29, 0.717) is 17.0 Å². The van der Waals surface area contributed by atoms with E-state index >= 15 is 0 Å². The largest absolute Gasteiger partial charge is 0.486 e. The summed E-state index contributed by atoms with van der Waals surface area (Å²) >= 11 is 0. The van der Waals surface area contributed by atoms with Crippen molar-refractivity contribution in [3.05, 3.63) is 77.0 Å². The lowest BCUT2D eigenvalue weighted by atomic mass is 9.75. The molecule has 1 heterocycles. The Kier molecular flexibility index (Phi) is 7.57. The van der Waals surface area contributed by atoms with Crippen LogP contribution in [0.3, 0.4) is 0 Å². The summed E-state index contributed by atoms with van der Waals surface area (Å²) in [6.45, 7) is 4.60. The van der Waals surface area contributed by atoms with Gasteiger partial charge in [-0.1, -0.05) is 50.6 Å². The first-order valence-corrected chi connectivity index (χ1v) is 12.1. The van der Waals surface area contributed by atoms with Crippen molar-refractivity contribution in [2.24, 2.45) is 5.41 Å². The number of aryl methyl sites for hydroxylation is 1. The number of halogens is 2.